The minimum Gasteiger partial charge on any atom is -0.398 e. The lowest BCUT2D eigenvalue weighted by Crippen LogP contribution is -2.09. The molecule has 2 aromatic heterocycles. The molecule has 0 amide bonds. The van der Waals surface area contributed by atoms with Crippen LogP contribution in [0.15, 0.2) is 30.9 Å². The van der Waals surface area contributed by atoms with Gasteiger partial charge in [0.05, 0.1) is 31.0 Å². The minimum atomic E-state index is 0.00601. The first kappa shape index (κ1) is 15.4. The summed E-state index contributed by atoms with van der Waals surface area (Å²) in [5, 5.41) is 9.67. The molecule has 3 aromatic rings. The molecule has 0 unspecified atom stereocenters. The van der Waals surface area contributed by atoms with Crippen LogP contribution in [0, 0.1) is 6.92 Å². The molecule has 7 nitrogen and oxygen atoms in total. The molecule has 0 atom stereocenters. The van der Waals surface area contributed by atoms with Gasteiger partial charge < -0.3 is 15.6 Å². The number of ether oxygens (including phenoxy) is 1. The number of hydrogen-bond acceptors (Lipinski definition) is 6. The lowest BCUT2D eigenvalue weighted by Gasteiger charge is -2.12. The first-order valence-corrected chi connectivity index (χ1v) is 7.43. The predicted octanol–water partition coefficient (Wildman–Crippen LogP) is 1.26. The van der Waals surface area contributed by atoms with Gasteiger partial charge in [-0.05, 0) is 18.6 Å². The Bertz CT molecular complexity index is 802. The van der Waals surface area contributed by atoms with Crippen LogP contribution >= 0.6 is 0 Å². The van der Waals surface area contributed by atoms with Crippen LogP contribution in [-0.2, 0) is 11.2 Å². The maximum absolute atomic E-state index is 8.80. The van der Waals surface area contributed by atoms with E-state index in [1.807, 2.05) is 19.1 Å². The zero-order valence-electron chi connectivity index (χ0n) is 12.9. The first-order valence-electron chi connectivity index (χ1n) is 7.43. The average Bonchev–Trinajstić information content (AvgIpc) is 3.09. The molecule has 2 heterocycles. The van der Waals surface area contributed by atoms with Crippen molar-refractivity contribution >= 4 is 16.6 Å². The number of fused-ring (bicyclic) bond motifs is 1. The van der Waals surface area contributed by atoms with E-state index in [2.05, 4.69) is 15.0 Å². The van der Waals surface area contributed by atoms with Crippen molar-refractivity contribution in [1.29, 1.82) is 0 Å². The number of rotatable bonds is 6. The van der Waals surface area contributed by atoms with Gasteiger partial charge in [0, 0.05) is 29.9 Å². The van der Waals surface area contributed by atoms with Crippen LogP contribution < -0.4 is 5.73 Å². The van der Waals surface area contributed by atoms with Crippen molar-refractivity contribution in [1.82, 2.24) is 19.5 Å². The van der Waals surface area contributed by atoms with Crippen LogP contribution in [0.4, 0.5) is 5.69 Å². The van der Waals surface area contributed by atoms with Gasteiger partial charge in [0.25, 0.3) is 0 Å². The van der Waals surface area contributed by atoms with Gasteiger partial charge in [-0.25, -0.2) is 15.0 Å². The van der Waals surface area contributed by atoms with Crippen LogP contribution in [0.3, 0.4) is 0 Å². The van der Waals surface area contributed by atoms with E-state index in [9.17, 15) is 0 Å². The second-order valence-corrected chi connectivity index (χ2v) is 5.22. The van der Waals surface area contributed by atoms with Gasteiger partial charge in [0.1, 0.15) is 6.33 Å². The van der Waals surface area contributed by atoms with E-state index in [1.165, 1.54) is 0 Å². The summed E-state index contributed by atoms with van der Waals surface area (Å²) < 4.78 is 7.12. The van der Waals surface area contributed by atoms with Crippen molar-refractivity contribution in [3.8, 4) is 5.95 Å². The number of aromatic nitrogens is 4. The molecule has 0 radical (unpaired) electrons. The van der Waals surface area contributed by atoms with E-state index < -0.39 is 0 Å². The van der Waals surface area contributed by atoms with E-state index in [0.29, 0.717) is 31.3 Å². The Morgan fingerprint density at radius 2 is 2.13 bits per heavy atom. The van der Waals surface area contributed by atoms with Crippen molar-refractivity contribution in [2.75, 3.05) is 25.6 Å². The van der Waals surface area contributed by atoms with E-state index >= 15 is 0 Å². The Hall–Kier alpha value is -2.51. The van der Waals surface area contributed by atoms with Gasteiger partial charge in [-0.2, -0.15) is 0 Å². The Kier molecular flexibility index (Phi) is 4.50. The summed E-state index contributed by atoms with van der Waals surface area (Å²) in [6.45, 7) is 2.74. The number of aliphatic hydroxyl groups is 1. The molecule has 0 aliphatic carbocycles. The molecule has 7 heteroatoms. The van der Waals surface area contributed by atoms with Crippen LogP contribution in [0.1, 0.15) is 11.3 Å². The highest BCUT2D eigenvalue weighted by atomic mass is 16.5. The van der Waals surface area contributed by atoms with Gasteiger partial charge in [-0.15, -0.1) is 0 Å². The molecule has 0 saturated heterocycles. The van der Waals surface area contributed by atoms with E-state index in [0.717, 1.165) is 22.2 Å². The zero-order valence-corrected chi connectivity index (χ0v) is 12.9. The first-order chi connectivity index (χ1) is 11.2. The monoisotopic (exact) mass is 313 g/mol. The largest absolute Gasteiger partial charge is 0.398 e. The van der Waals surface area contributed by atoms with Gasteiger partial charge in [0.2, 0.25) is 5.95 Å². The van der Waals surface area contributed by atoms with Crippen molar-refractivity contribution in [2.24, 2.45) is 0 Å². The van der Waals surface area contributed by atoms with Gasteiger partial charge in [0.15, 0.2) is 0 Å². The molecule has 0 saturated carbocycles. The molecule has 3 rings (SSSR count). The number of benzene rings is 1. The second-order valence-electron chi connectivity index (χ2n) is 5.22. The minimum absolute atomic E-state index is 0.00601. The standard InChI is InChI=1S/C16H19N5O2/c1-11-2-3-12-14(15(11)17)13(4-8-23-9-7-22)20-16(19-12)21-6-5-18-10-21/h2-3,5-6,10,22H,4,7-9,17H2,1H3. The van der Waals surface area contributed by atoms with Gasteiger partial charge in [-0.3, -0.25) is 4.57 Å². The van der Waals surface area contributed by atoms with Crippen molar-refractivity contribution in [3.05, 3.63) is 42.1 Å². The average molecular weight is 313 g/mol. The van der Waals surface area contributed by atoms with E-state index in [1.54, 1.807) is 23.3 Å². The second kappa shape index (κ2) is 6.72. The molecule has 0 aliphatic heterocycles. The van der Waals surface area contributed by atoms with Crippen LogP contribution in [0.25, 0.3) is 16.9 Å². The smallest absolute Gasteiger partial charge is 0.235 e. The lowest BCUT2D eigenvalue weighted by atomic mass is 10.1. The third-order valence-corrected chi connectivity index (χ3v) is 3.64. The quantitative estimate of drug-likeness (QED) is 0.525. The molecular formula is C16H19N5O2. The molecule has 3 N–H and O–H groups in total. The summed E-state index contributed by atoms with van der Waals surface area (Å²) >= 11 is 0. The number of hydrogen-bond donors (Lipinski definition) is 2. The summed E-state index contributed by atoms with van der Waals surface area (Å²) in [5.74, 6) is 0.551. The normalized spacial score (nSPS) is 11.2. The molecular weight excluding hydrogens is 294 g/mol. The number of nitrogens with two attached hydrogens (primary N) is 1. The predicted molar refractivity (Wildman–Crippen MR) is 87.4 cm³/mol. The summed E-state index contributed by atoms with van der Waals surface area (Å²) in [7, 11) is 0. The molecule has 0 spiro atoms. The maximum Gasteiger partial charge on any atom is 0.235 e. The van der Waals surface area contributed by atoms with Crippen molar-refractivity contribution in [3.63, 3.8) is 0 Å². The summed E-state index contributed by atoms with van der Waals surface area (Å²) in [5.41, 5.74) is 9.55. The topological polar surface area (TPSA) is 99.1 Å². The number of anilines is 1. The fraction of sp³-hybridized carbons (Fsp3) is 0.312. The zero-order chi connectivity index (χ0) is 16.2. The third-order valence-electron chi connectivity index (χ3n) is 3.64. The molecule has 1 aromatic carbocycles. The molecule has 0 fully saturated rings. The molecule has 0 aliphatic rings. The van der Waals surface area contributed by atoms with Gasteiger partial charge >= 0.3 is 0 Å². The molecule has 0 bridgehead atoms. The van der Waals surface area contributed by atoms with Crippen LogP contribution in [-0.4, -0.2) is 44.4 Å². The Morgan fingerprint density at radius 3 is 2.87 bits per heavy atom. The fourth-order valence-corrected chi connectivity index (χ4v) is 2.43. The summed E-state index contributed by atoms with van der Waals surface area (Å²) in [6, 6.07) is 3.90. The summed E-state index contributed by atoms with van der Waals surface area (Å²) in [4.78, 5) is 13.2. The van der Waals surface area contributed by atoms with Crippen molar-refractivity contribution < 1.29 is 9.84 Å². The molecule has 120 valence electrons. The SMILES string of the molecule is Cc1ccc2nc(-n3ccnc3)nc(CCOCCO)c2c1N. The number of nitrogens with zero attached hydrogens (tertiary/aromatic N) is 4. The lowest BCUT2D eigenvalue weighted by molar-refractivity contribution is 0.0942. The fourth-order valence-electron chi connectivity index (χ4n) is 2.43. The van der Waals surface area contributed by atoms with Crippen molar-refractivity contribution in [2.45, 2.75) is 13.3 Å². The number of aryl methyl sites for hydroxylation is 1. The highest BCUT2D eigenvalue weighted by Crippen LogP contribution is 2.27. The van der Waals surface area contributed by atoms with E-state index in [-0.39, 0.29) is 6.61 Å². The van der Waals surface area contributed by atoms with Crippen LogP contribution in [0.5, 0.6) is 0 Å². The van der Waals surface area contributed by atoms with Crippen LogP contribution in [0.2, 0.25) is 0 Å². The molecule has 23 heavy (non-hydrogen) atoms. The number of nitrogen functional groups attached to an aromatic ring is 1. The van der Waals surface area contributed by atoms with Gasteiger partial charge in [-0.1, -0.05) is 6.07 Å². The highest BCUT2D eigenvalue weighted by molar-refractivity contribution is 5.94. The number of imidazole rings is 1. The Labute approximate surface area is 133 Å². The van der Waals surface area contributed by atoms with E-state index in [4.69, 9.17) is 15.6 Å². The Balaban J connectivity index is 2.06. The summed E-state index contributed by atoms with van der Waals surface area (Å²) in [6.07, 6.45) is 5.73. The maximum atomic E-state index is 8.80. The number of aliphatic hydroxyl groups excluding tert-OH is 1. The third kappa shape index (κ3) is 3.15. The Morgan fingerprint density at radius 1 is 1.26 bits per heavy atom. The highest BCUT2D eigenvalue weighted by Gasteiger charge is 2.13.